The maximum Gasteiger partial charge on any atom is 0.217 e. The molecule has 0 aliphatic heterocycles. The Bertz CT molecular complexity index is 146. The number of hydrogen-bond donors (Lipinski definition) is 2. The Morgan fingerprint density at radius 1 is 1.58 bits per heavy atom. The monoisotopic (exact) mass is 176 g/mol. The molecule has 3 nitrogen and oxygen atoms in total. The molecule has 0 aliphatic rings. The van der Waals surface area contributed by atoms with Crippen LogP contribution in [0, 0.1) is 0 Å². The van der Waals surface area contributed by atoms with Gasteiger partial charge in [0.2, 0.25) is 5.91 Å². The Morgan fingerprint density at radius 3 is 2.50 bits per heavy atom. The van der Waals surface area contributed by atoms with Crippen molar-refractivity contribution in [2.45, 2.75) is 38.1 Å². The fraction of sp³-hybridized carbons (Fsp3) is 0.875. The first kappa shape index (κ1) is 11.4. The molecule has 0 aliphatic carbocycles. The molecule has 4 heteroatoms. The number of nitrogens with two attached hydrogens (primary N) is 2. The molecule has 0 aromatic heterocycles. The van der Waals surface area contributed by atoms with Crippen molar-refractivity contribution < 1.29 is 9.18 Å². The van der Waals surface area contributed by atoms with Gasteiger partial charge in [0.15, 0.2) is 0 Å². The molecule has 0 rings (SSSR count). The highest BCUT2D eigenvalue weighted by molar-refractivity contribution is 5.73. The predicted octanol–water partition coefficient (Wildman–Crippen LogP) is 0.719. The summed E-state index contributed by atoms with van der Waals surface area (Å²) in [6.45, 7) is 1.30. The van der Waals surface area contributed by atoms with Gasteiger partial charge in [-0.2, -0.15) is 0 Å². The summed E-state index contributed by atoms with van der Waals surface area (Å²) < 4.78 is 12.3. The van der Waals surface area contributed by atoms with E-state index in [0.717, 1.165) is 0 Å². The lowest BCUT2D eigenvalue weighted by molar-refractivity contribution is -0.118. The van der Waals surface area contributed by atoms with Gasteiger partial charge in [-0.1, -0.05) is 6.92 Å². The number of alkyl halides is 1. The zero-order chi connectivity index (χ0) is 9.61. The molecule has 0 bridgehead atoms. The molecule has 0 saturated heterocycles. The Balaban J connectivity index is 3.65. The van der Waals surface area contributed by atoms with Crippen LogP contribution < -0.4 is 11.5 Å². The highest BCUT2D eigenvalue weighted by atomic mass is 19.1. The number of primary amides is 1. The van der Waals surface area contributed by atoms with Gasteiger partial charge in [-0.15, -0.1) is 0 Å². The van der Waals surface area contributed by atoms with E-state index in [-0.39, 0.29) is 5.91 Å². The van der Waals surface area contributed by atoms with E-state index in [1.165, 1.54) is 0 Å². The maximum absolute atomic E-state index is 12.3. The Morgan fingerprint density at radius 2 is 2.17 bits per heavy atom. The molecular weight excluding hydrogens is 159 g/mol. The van der Waals surface area contributed by atoms with Crippen LogP contribution in [0.1, 0.15) is 32.6 Å². The predicted molar refractivity (Wildman–Crippen MR) is 46.2 cm³/mol. The van der Waals surface area contributed by atoms with Gasteiger partial charge in [-0.05, 0) is 19.3 Å². The van der Waals surface area contributed by atoms with E-state index in [4.69, 9.17) is 11.5 Å². The zero-order valence-electron chi connectivity index (χ0n) is 7.48. The number of hydrogen-bond acceptors (Lipinski definition) is 2. The molecule has 0 fully saturated rings. The van der Waals surface area contributed by atoms with E-state index in [1.54, 1.807) is 0 Å². The highest BCUT2D eigenvalue weighted by Crippen LogP contribution is 2.15. The van der Waals surface area contributed by atoms with Crippen LogP contribution in [-0.4, -0.2) is 18.1 Å². The fourth-order valence-electron chi connectivity index (χ4n) is 0.953. The minimum Gasteiger partial charge on any atom is -0.370 e. The van der Waals surface area contributed by atoms with Gasteiger partial charge in [0.25, 0.3) is 0 Å². The molecule has 0 saturated carbocycles. The minimum atomic E-state index is -0.755. The van der Waals surface area contributed by atoms with E-state index in [1.807, 2.05) is 6.92 Å². The summed E-state index contributed by atoms with van der Waals surface area (Å²) in [5, 5.41) is 0. The zero-order valence-corrected chi connectivity index (χ0v) is 7.48. The fourth-order valence-corrected chi connectivity index (χ4v) is 0.953. The lowest BCUT2D eigenvalue weighted by atomic mass is 9.92. The normalized spacial score (nSPS) is 15.6. The molecule has 0 spiro atoms. The van der Waals surface area contributed by atoms with Crippen LogP contribution in [0.25, 0.3) is 0 Å². The number of rotatable bonds is 6. The summed E-state index contributed by atoms with van der Waals surface area (Å²) in [4.78, 5) is 10.3. The van der Waals surface area contributed by atoms with Crippen molar-refractivity contribution in [1.82, 2.24) is 0 Å². The second-order valence-corrected chi connectivity index (χ2v) is 3.17. The molecule has 12 heavy (non-hydrogen) atoms. The van der Waals surface area contributed by atoms with E-state index in [9.17, 15) is 9.18 Å². The van der Waals surface area contributed by atoms with Gasteiger partial charge >= 0.3 is 0 Å². The Labute approximate surface area is 72.3 Å². The third-order valence-electron chi connectivity index (χ3n) is 2.07. The van der Waals surface area contributed by atoms with Crippen molar-refractivity contribution in [1.29, 1.82) is 0 Å². The second kappa shape index (κ2) is 5.09. The minimum absolute atomic E-state index is 0.291. The topological polar surface area (TPSA) is 69.1 Å². The third kappa shape index (κ3) is 4.28. The first-order chi connectivity index (χ1) is 5.54. The quantitative estimate of drug-likeness (QED) is 0.626. The lowest BCUT2D eigenvalue weighted by Gasteiger charge is -2.23. The average molecular weight is 176 g/mol. The van der Waals surface area contributed by atoms with Gasteiger partial charge in [-0.25, -0.2) is 4.39 Å². The molecule has 1 atom stereocenters. The van der Waals surface area contributed by atoms with E-state index in [2.05, 4.69) is 0 Å². The molecule has 0 aromatic rings. The van der Waals surface area contributed by atoms with Crippen LogP contribution in [0.2, 0.25) is 0 Å². The molecule has 72 valence electrons. The molecule has 0 radical (unpaired) electrons. The third-order valence-corrected chi connectivity index (χ3v) is 2.07. The summed E-state index contributed by atoms with van der Waals surface area (Å²) in [6.07, 6.45) is 1.97. The van der Waals surface area contributed by atoms with Crippen molar-refractivity contribution in [3.05, 3.63) is 0 Å². The van der Waals surface area contributed by atoms with Crippen LogP contribution in [0.5, 0.6) is 0 Å². The lowest BCUT2D eigenvalue weighted by Crippen LogP contribution is -2.41. The van der Waals surface area contributed by atoms with E-state index in [0.29, 0.717) is 25.7 Å². The van der Waals surface area contributed by atoms with Crippen molar-refractivity contribution in [3.63, 3.8) is 0 Å². The number of amides is 1. The SMILES string of the molecule is CCC(N)(CF)CCCC(N)=O. The standard InChI is InChI=1S/C8H17FN2O/c1-2-8(11,6-9)5-3-4-7(10)12/h2-6,11H2,1H3,(H2,10,12). The number of carbonyl (C=O) groups excluding carboxylic acids is 1. The summed E-state index contributed by atoms with van der Waals surface area (Å²) >= 11 is 0. The van der Waals surface area contributed by atoms with Crippen LogP contribution in [0.4, 0.5) is 4.39 Å². The number of carbonyl (C=O) groups is 1. The molecule has 0 aromatic carbocycles. The van der Waals surface area contributed by atoms with Crippen LogP contribution in [0.15, 0.2) is 0 Å². The molecule has 1 amide bonds. The van der Waals surface area contributed by atoms with Gasteiger partial charge < -0.3 is 11.5 Å². The Kier molecular flexibility index (Phi) is 4.81. The van der Waals surface area contributed by atoms with Gasteiger partial charge in [0, 0.05) is 12.0 Å². The first-order valence-corrected chi connectivity index (χ1v) is 4.17. The molecular formula is C8H17FN2O. The summed E-state index contributed by atoms with van der Waals surface area (Å²) in [7, 11) is 0. The first-order valence-electron chi connectivity index (χ1n) is 4.17. The molecule has 1 unspecified atom stereocenters. The van der Waals surface area contributed by atoms with E-state index >= 15 is 0 Å². The molecule has 0 heterocycles. The second-order valence-electron chi connectivity index (χ2n) is 3.17. The van der Waals surface area contributed by atoms with Crippen molar-refractivity contribution in [2.24, 2.45) is 11.5 Å². The van der Waals surface area contributed by atoms with E-state index < -0.39 is 12.2 Å². The van der Waals surface area contributed by atoms with Crippen molar-refractivity contribution in [2.75, 3.05) is 6.67 Å². The van der Waals surface area contributed by atoms with Gasteiger partial charge in [0.05, 0.1) is 0 Å². The van der Waals surface area contributed by atoms with Gasteiger partial charge in [0.1, 0.15) is 6.67 Å². The summed E-state index contributed by atoms with van der Waals surface area (Å²) in [5.74, 6) is -0.354. The average Bonchev–Trinajstić information content (AvgIpc) is 2.03. The molecule has 4 N–H and O–H groups in total. The van der Waals surface area contributed by atoms with Crippen LogP contribution in [0.3, 0.4) is 0 Å². The Hall–Kier alpha value is -0.640. The van der Waals surface area contributed by atoms with Crippen molar-refractivity contribution in [3.8, 4) is 0 Å². The van der Waals surface area contributed by atoms with Crippen LogP contribution in [-0.2, 0) is 4.79 Å². The maximum atomic E-state index is 12.3. The van der Waals surface area contributed by atoms with Gasteiger partial charge in [-0.3, -0.25) is 4.79 Å². The summed E-state index contributed by atoms with van der Waals surface area (Å²) in [6, 6.07) is 0. The largest absolute Gasteiger partial charge is 0.370 e. The summed E-state index contributed by atoms with van der Waals surface area (Å²) in [5.41, 5.74) is 9.83. The van der Waals surface area contributed by atoms with Crippen LogP contribution >= 0.6 is 0 Å². The van der Waals surface area contributed by atoms with Crippen molar-refractivity contribution >= 4 is 5.91 Å². The smallest absolute Gasteiger partial charge is 0.217 e. The number of halogens is 1. The highest BCUT2D eigenvalue weighted by Gasteiger charge is 2.21.